The van der Waals surface area contributed by atoms with Crippen LogP contribution in [0.5, 0.6) is 23.0 Å². The smallest absolute Gasteiger partial charge is 0.119 e. The second-order valence-electron chi connectivity index (χ2n) is 29.3. The van der Waals surface area contributed by atoms with Crippen LogP contribution in [0.2, 0.25) is 0 Å². The Morgan fingerprint density at radius 3 is 0.479 bits per heavy atom. The average molecular weight is 1550 g/mol. The summed E-state index contributed by atoms with van der Waals surface area (Å²) < 4.78 is 23.8. The predicted octanol–water partition coefficient (Wildman–Crippen LogP) is 32.2. The van der Waals surface area contributed by atoms with Crippen LogP contribution in [0.15, 0.2) is 332 Å². The van der Waals surface area contributed by atoms with E-state index in [-0.39, 0.29) is 0 Å². The number of unbranched alkanes of at least 4 members (excludes halogenated alkanes) is 12. The minimum atomic E-state index is -0.792. The fourth-order valence-corrected chi connectivity index (χ4v) is 13.5. The number of hydrogen-bond donors (Lipinski definition) is 0. The van der Waals surface area contributed by atoms with E-state index in [1.165, 1.54) is 77.0 Å². The summed E-state index contributed by atoms with van der Waals surface area (Å²) in [4.78, 5) is 0. The van der Waals surface area contributed by atoms with E-state index in [2.05, 4.69) is 263 Å². The molecule has 0 aromatic heterocycles. The van der Waals surface area contributed by atoms with Crippen LogP contribution in [0.4, 0.5) is 45.5 Å². The summed E-state index contributed by atoms with van der Waals surface area (Å²) in [6, 6.07) is 99.8. The first kappa shape index (κ1) is 83.6. The SMILES string of the molecule is CCCCCCOc1ccc(N=Nc2ccc(/C=C/c3ccc(C(c4ccc(/C=C/c5ccc(N=Nc6ccc(OCCCCCC)cc6)cc5)cc4)(c4ccc(/C=C/c5ccc(N=Nc6ccc(OCCCCCC)cc6)cc5)cc4)c4ccc(/C=C/c5ccc(N=Nc6ccc(OCCCCCC)cc6)cc5)cc4)cc3)cc2)cc1. The number of ether oxygens (including phenoxy) is 4. The first-order valence-electron chi connectivity index (χ1n) is 41.9. The van der Waals surface area contributed by atoms with Crippen LogP contribution in [-0.2, 0) is 5.41 Å². The molecule has 12 aromatic rings. The second kappa shape index (κ2) is 45.9. The highest BCUT2D eigenvalue weighted by molar-refractivity contribution is 5.76. The third-order valence-corrected chi connectivity index (χ3v) is 20.4. The molecule has 0 aliphatic heterocycles. The van der Waals surface area contributed by atoms with Crippen molar-refractivity contribution in [3.63, 3.8) is 0 Å². The topological polar surface area (TPSA) is 136 Å². The molecule has 0 radical (unpaired) electrons. The fourth-order valence-electron chi connectivity index (χ4n) is 13.5. The minimum Gasteiger partial charge on any atom is -0.494 e. The number of azo groups is 4. The van der Waals surface area contributed by atoms with Gasteiger partial charge in [-0.15, -0.1) is 0 Å². The van der Waals surface area contributed by atoms with E-state index in [1.54, 1.807) is 0 Å². The van der Waals surface area contributed by atoms with E-state index in [0.29, 0.717) is 0 Å². The molecule has 12 nitrogen and oxygen atoms in total. The zero-order valence-corrected chi connectivity index (χ0v) is 68.2. The molecule has 0 spiro atoms. The molecule has 0 heterocycles. The predicted molar refractivity (Wildman–Crippen MR) is 487 cm³/mol. The molecule has 12 heteroatoms. The summed E-state index contributed by atoms with van der Waals surface area (Å²) in [6.45, 7) is 11.8. The maximum Gasteiger partial charge on any atom is 0.119 e. The van der Waals surface area contributed by atoms with Gasteiger partial charge in [-0.3, -0.25) is 0 Å². The summed E-state index contributed by atoms with van der Waals surface area (Å²) in [5.74, 6) is 3.40. The van der Waals surface area contributed by atoms with Gasteiger partial charge in [0.05, 0.1) is 77.3 Å². The first-order valence-corrected chi connectivity index (χ1v) is 41.9. The van der Waals surface area contributed by atoms with Crippen molar-refractivity contribution in [2.75, 3.05) is 26.4 Å². The molecule has 0 atom stereocenters. The number of benzene rings is 12. The Bertz CT molecular complexity index is 4510. The fraction of sp³-hybridized carbons (Fsp3) is 0.238. The van der Waals surface area contributed by atoms with Gasteiger partial charge in [0.1, 0.15) is 23.0 Å². The van der Waals surface area contributed by atoms with E-state index in [1.807, 2.05) is 146 Å². The van der Waals surface area contributed by atoms with Gasteiger partial charge in [-0.05, 0) is 238 Å². The summed E-state index contributed by atoms with van der Waals surface area (Å²) in [7, 11) is 0. The largest absolute Gasteiger partial charge is 0.494 e. The molecular weight excluding hydrogens is 1440 g/mol. The minimum absolute atomic E-state index is 0.721. The molecule has 0 saturated carbocycles. The van der Waals surface area contributed by atoms with Gasteiger partial charge in [-0.1, -0.05) is 299 Å². The lowest BCUT2D eigenvalue weighted by Gasteiger charge is -2.37. The molecule has 0 aliphatic carbocycles. The zero-order chi connectivity index (χ0) is 80.6. The van der Waals surface area contributed by atoms with Gasteiger partial charge in [0.2, 0.25) is 0 Å². The molecule has 0 unspecified atom stereocenters. The molecule has 12 rings (SSSR count). The van der Waals surface area contributed by atoms with E-state index in [4.69, 9.17) is 18.9 Å². The van der Waals surface area contributed by atoms with Gasteiger partial charge in [-0.2, -0.15) is 40.9 Å². The third kappa shape index (κ3) is 26.6. The third-order valence-electron chi connectivity index (χ3n) is 20.4. The van der Waals surface area contributed by atoms with Crippen LogP contribution in [0.3, 0.4) is 0 Å². The van der Waals surface area contributed by atoms with E-state index >= 15 is 0 Å². The van der Waals surface area contributed by atoms with Gasteiger partial charge in [0.15, 0.2) is 0 Å². The van der Waals surface area contributed by atoms with Crippen LogP contribution >= 0.6 is 0 Å². The monoisotopic (exact) mass is 1540 g/mol. The molecule has 117 heavy (non-hydrogen) atoms. The van der Waals surface area contributed by atoms with Crippen molar-refractivity contribution < 1.29 is 18.9 Å². The summed E-state index contributed by atoms with van der Waals surface area (Å²) >= 11 is 0. The van der Waals surface area contributed by atoms with Crippen LogP contribution in [-0.4, -0.2) is 26.4 Å². The molecule has 12 aromatic carbocycles. The summed E-state index contributed by atoms with van der Waals surface area (Å²) in [6.07, 6.45) is 35.9. The maximum absolute atomic E-state index is 5.95. The summed E-state index contributed by atoms with van der Waals surface area (Å²) in [5.41, 5.74) is 18.3. The first-order chi connectivity index (χ1) is 57.7. The van der Waals surface area contributed by atoms with Gasteiger partial charge in [-0.25, -0.2) is 0 Å². The van der Waals surface area contributed by atoms with Gasteiger partial charge in [0.25, 0.3) is 0 Å². The van der Waals surface area contributed by atoms with Gasteiger partial charge >= 0.3 is 0 Å². The zero-order valence-electron chi connectivity index (χ0n) is 68.2. The highest BCUT2D eigenvalue weighted by Crippen LogP contribution is 2.46. The standard InChI is InChI=1S/C105H108N8O4/c1-5-9-13-17-77-114-101-69-61-97(62-70-101)110-106-93-53-37-85(38-54-93)25-21-81-29-45-89(46-30-81)105(90-47-31-82(32-48-90)22-26-86-39-55-94(56-40-86)107-111-98-63-71-102(72-64-98)115-78-18-14-10-6-2,91-49-33-83(34-50-91)23-27-87-41-57-95(58-42-87)108-112-99-65-73-103(74-66-99)116-79-19-15-11-7-3)92-51-35-84(36-52-92)24-28-88-43-59-96(60-44-88)109-113-100-67-75-104(76-68-100)117-80-20-16-12-8-4/h21-76H,5-20,77-80H2,1-4H3/b25-21+,26-22+,27-23+,28-24+,110-106?,111-107?,112-108?,113-109?. The lowest BCUT2D eigenvalue weighted by atomic mass is 9.64. The molecule has 0 amide bonds. The van der Waals surface area contributed by atoms with Crippen molar-refractivity contribution in [2.45, 2.75) is 136 Å². The maximum atomic E-state index is 5.95. The van der Waals surface area contributed by atoms with Crippen molar-refractivity contribution in [2.24, 2.45) is 40.9 Å². The molecule has 0 bridgehead atoms. The van der Waals surface area contributed by atoms with Crippen LogP contribution in [0, 0.1) is 0 Å². The molecule has 0 fully saturated rings. The van der Waals surface area contributed by atoms with Gasteiger partial charge in [0, 0.05) is 0 Å². The van der Waals surface area contributed by atoms with E-state index in [9.17, 15) is 0 Å². The van der Waals surface area contributed by atoms with Crippen molar-refractivity contribution in [3.8, 4) is 23.0 Å². The van der Waals surface area contributed by atoms with E-state index in [0.717, 1.165) is 187 Å². The van der Waals surface area contributed by atoms with Crippen molar-refractivity contribution in [3.05, 3.63) is 358 Å². The Kier molecular flexibility index (Phi) is 32.8. The highest BCUT2D eigenvalue weighted by atomic mass is 16.5. The van der Waals surface area contributed by atoms with Crippen LogP contribution in [0.25, 0.3) is 48.6 Å². The normalized spacial score (nSPS) is 12.4. The quantitative estimate of drug-likeness (QED) is 0.0163. The molecule has 0 aliphatic rings. The van der Waals surface area contributed by atoms with Crippen molar-refractivity contribution in [1.29, 1.82) is 0 Å². The Labute approximate surface area is 693 Å². The second-order valence-corrected chi connectivity index (χ2v) is 29.3. The summed E-state index contributed by atoms with van der Waals surface area (Å²) in [5, 5.41) is 36.3. The van der Waals surface area contributed by atoms with E-state index < -0.39 is 5.41 Å². The van der Waals surface area contributed by atoms with Crippen molar-refractivity contribution >= 4 is 94.1 Å². The number of rotatable bonds is 44. The molecule has 592 valence electrons. The Balaban J connectivity index is 0.812. The lowest BCUT2D eigenvalue weighted by molar-refractivity contribution is 0.305. The highest BCUT2D eigenvalue weighted by Gasteiger charge is 2.38. The van der Waals surface area contributed by atoms with Crippen molar-refractivity contribution in [1.82, 2.24) is 0 Å². The Hall–Kier alpha value is -12.8. The average Bonchev–Trinajstić information content (AvgIpc) is 0.731. The number of hydrogen-bond acceptors (Lipinski definition) is 12. The number of nitrogens with zero attached hydrogens (tertiary/aromatic N) is 8. The lowest BCUT2D eigenvalue weighted by Crippen LogP contribution is -2.31. The van der Waals surface area contributed by atoms with Crippen LogP contribution < -0.4 is 18.9 Å². The Morgan fingerprint density at radius 2 is 0.325 bits per heavy atom. The van der Waals surface area contributed by atoms with Crippen LogP contribution in [0.1, 0.15) is 197 Å². The molecule has 0 N–H and O–H groups in total. The molecular formula is C105H108N8O4. The van der Waals surface area contributed by atoms with Gasteiger partial charge < -0.3 is 18.9 Å². The Morgan fingerprint density at radius 1 is 0.179 bits per heavy atom. The molecule has 0 saturated heterocycles.